The van der Waals surface area contributed by atoms with Gasteiger partial charge in [0.1, 0.15) is 5.69 Å². The largest absolute Gasteiger partial charge is 0.461 e. The lowest BCUT2D eigenvalue weighted by Crippen LogP contribution is -2.17. The summed E-state index contributed by atoms with van der Waals surface area (Å²) in [5.41, 5.74) is 2.46. The fourth-order valence-corrected chi connectivity index (χ4v) is 4.15. The Hall–Kier alpha value is -0.890. The number of halogens is 2. The van der Waals surface area contributed by atoms with Gasteiger partial charge in [0.05, 0.1) is 16.2 Å². The third kappa shape index (κ3) is 3.47. The van der Waals surface area contributed by atoms with E-state index in [9.17, 15) is 4.79 Å². The molecule has 3 rings (SSSR count). The average molecular weight is 489 g/mol. The van der Waals surface area contributed by atoms with Crippen LogP contribution in [0.25, 0.3) is 11.3 Å². The van der Waals surface area contributed by atoms with Crippen LogP contribution in [-0.4, -0.2) is 22.4 Å². The zero-order valence-corrected chi connectivity index (χ0v) is 16.6. The maximum Gasteiger partial charge on any atom is 0.357 e. The molecule has 1 heterocycles. The van der Waals surface area contributed by atoms with Gasteiger partial charge >= 0.3 is 5.97 Å². The minimum Gasteiger partial charge on any atom is -0.461 e. The first-order valence-corrected chi connectivity index (χ1v) is 9.70. The molecular formula is C17H18BrIN2O2. The summed E-state index contributed by atoms with van der Waals surface area (Å²) in [6.07, 6.45) is 4.53. The summed E-state index contributed by atoms with van der Waals surface area (Å²) in [5, 5.41) is 4.79. The second kappa shape index (κ2) is 7.34. The molecule has 4 nitrogen and oxygen atoms in total. The molecule has 1 aromatic carbocycles. The number of hydrogen-bond donors (Lipinski definition) is 0. The highest BCUT2D eigenvalue weighted by Crippen LogP contribution is 2.35. The maximum absolute atomic E-state index is 12.4. The number of carbonyl (C=O) groups is 1. The predicted octanol–water partition coefficient (Wildman–Crippen LogP) is 5.21. The summed E-state index contributed by atoms with van der Waals surface area (Å²) in [6, 6.07) is 8.31. The molecule has 0 unspecified atom stereocenters. The Morgan fingerprint density at radius 2 is 2.00 bits per heavy atom. The van der Waals surface area contributed by atoms with Gasteiger partial charge in [0.15, 0.2) is 5.69 Å². The van der Waals surface area contributed by atoms with E-state index in [4.69, 9.17) is 9.84 Å². The highest BCUT2D eigenvalue weighted by atomic mass is 127. The predicted molar refractivity (Wildman–Crippen MR) is 102 cm³/mol. The monoisotopic (exact) mass is 488 g/mol. The van der Waals surface area contributed by atoms with E-state index in [1.165, 1.54) is 12.8 Å². The van der Waals surface area contributed by atoms with E-state index in [1.807, 2.05) is 35.9 Å². The Bertz CT molecular complexity index is 706. The number of ether oxygens (including phenoxy) is 1. The van der Waals surface area contributed by atoms with E-state index in [0.717, 1.165) is 32.1 Å². The van der Waals surface area contributed by atoms with Crippen molar-refractivity contribution in [2.75, 3.05) is 6.61 Å². The molecule has 0 aliphatic heterocycles. The number of benzene rings is 1. The minimum atomic E-state index is -0.278. The Kier molecular flexibility index (Phi) is 5.41. The molecule has 1 aromatic heterocycles. The van der Waals surface area contributed by atoms with Crippen molar-refractivity contribution in [2.45, 2.75) is 38.6 Å². The van der Waals surface area contributed by atoms with Crippen LogP contribution in [0.4, 0.5) is 0 Å². The van der Waals surface area contributed by atoms with Crippen LogP contribution in [0.15, 0.2) is 28.7 Å². The molecule has 0 atom stereocenters. The average Bonchev–Trinajstić information content (AvgIpc) is 3.16. The first-order chi connectivity index (χ1) is 11.1. The second-order valence-corrected chi connectivity index (χ2v) is 7.62. The number of nitrogens with zero attached hydrogens (tertiary/aromatic N) is 2. The molecule has 1 fully saturated rings. The van der Waals surface area contributed by atoms with Gasteiger partial charge in [0.2, 0.25) is 0 Å². The maximum atomic E-state index is 12.4. The van der Waals surface area contributed by atoms with Gasteiger partial charge in [-0.1, -0.05) is 40.9 Å². The number of esters is 1. The quantitative estimate of drug-likeness (QED) is 0.438. The van der Waals surface area contributed by atoms with Gasteiger partial charge in [0, 0.05) is 10.0 Å². The molecule has 0 radical (unpaired) electrons. The molecule has 23 heavy (non-hydrogen) atoms. The molecule has 2 aromatic rings. The molecule has 1 aliphatic carbocycles. The summed E-state index contributed by atoms with van der Waals surface area (Å²) in [5.74, 6) is -0.278. The van der Waals surface area contributed by atoms with Gasteiger partial charge in [-0.05, 0) is 54.5 Å². The van der Waals surface area contributed by atoms with Gasteiger partial charge < -0.3 is 4.74 Å². The molecular weight excluding hydrogens is 471 g/mol. The van der Waals surface area contributed by atoms with Crippen LogP contribution >= 0.6 is 38.5 Å². The van der Waals surface area contributed by atoms with Crippen LogP contribution in [0.2, 0.25) is 0 Å². The molecule has 0 amide bonds. The van der Waals surface area contributed by atoms with Crippen LogP contribution in [0, 0.1) is 3.57 Å². The Balaban J connectivity index is 2.08. The molecule has 0 saturated heterocycles. The topological polar surface area (TPSA) is 44.1 Å². The molecule has 0 spiro atoms. The van der Waals surface area contributed by atoms with Gasteiger partial charge in [-0.15, -0.1) is 0 Å². The third-order valence-corrected chi connectivity index (χ3v) is 5.66. The molecule has 6 heteroatoms. The van der Waals surface area contributed by atoms with Crippen LogP contribution in [0.5, 0.6) is 0 Å². The fourth-order valence-electron chi connectivity index (χ4n) is 3.00. The normalized spacial score (nSPS) is 15.1. The number of carbonyl (C=O) groups excluding carboxylic acids is 1. The summed E-state index contributed by atoms with van der Waals surface area (Å²) < 4.78 is 9.07. The Morgan fingerprint density at radius 1 is 1.35 bits per heavy atom. The zero-order valence-electron chi connectivity index (χ0n) is 12.9. The van der Waals surface area contributed by atoms with E-state index >= 15 is 0 Å². The number of hydrogen-bond acceptors (Lipinski definition) is 3. The lowest BCUT2D eigenvalue weighted by atomic mass is 10.1. The first-order valence-electron chi connectivity index (χ1n) is 7.83. The fraction of sp³-hybridized carbons (Fsp3) is 0.412. The van der Waals surface area contributed by atoms with E-state index < -0.39 is 0 Å². The van der Waals surface area contributed by atoms with E-state index in [-0.39, 0.29) is 5.97 Å². The van der Waals surface area contributed by atoms with Crippen LogP contribution < -0.4 is 0 Å². The minimum absolute atomic E-state index is 0.278. The molecule has 1 saturated carbocycles. The van der Waals surface area contributed by atoms with Gasteiger partial charge in [0.25, 0.3) is 0 Å². The molecule has 0 bridgehead atoms. The van der Waals surface area contributed by atoms with Gasteiger partial charge in [-0.2, -0.15) is 5.10 Å². The van der Waals surface area contributed by atoms with Gasteiger partial charge in [-0.25, -0.2) is 4.79 Å². The van der Waals surface area contributed by atoms with Crippen molar-refractivity contribution in [1.29, 1.82) is 0 Å². The first kappa shape index (κ1) is 17.0. The summed E-state index contributed by atoms with van der Waals surface area (Å²) >= 11 is 5.67. The summed E-state index contributed by atoms with van der Waals surface area (Å²) in [4.78, 5) is 12.4. The van der Waals surface area contributed by atoms with E-state index in [0.29, 0.717) is 18.3 Å². The van der Waals surface area contributed by atoms with Gasteiger partial charge in [-0.3, -0.25) is 4.68 Å². The van der Waals surface area contributed by atoms with Crippen molar-refractivity contribution in [2.24, 2.45) is 0 Å². The van der Waals surface area contributed by atoms with Crippen LogP contribution in [-0.2, 0) is 4.74 Å². The van der Waals surface area contributed by atoms with Crippen molar-refractivity contribution < 1.29 is 9.53 Å². The summed E-state index contributed by atoms with van der Waals surface area (Å²) in [7, 11) is 0. The Morgan fingerprint density at radius 3 is 2.61 bits per heavy atom. The molecule has 0 N–H and O–H groups in total. The summed E-state index contributed by atoms with van der Waals surface area (Å²) in [6.45, 7) is 2.20. The van der Waals surface area contributed by atoms with Crippen molar-refractivity contribution in [3.8, 4) is 11.3 Å². The lowest BCUT2D eigenvalue weighted by molar-refractivity contribution is 0.0507. The molecule has 1 aliphatic rings. The van der Waals surface area contributed by atoms with Crippen LogP contribution in [0.3, 0.4) is 0 Å². The van der Waals surface area contributed by atoms with Crippen molar-refractivity contribution in [1.82, 2.24) is 9.78 Å². The zero-order chi connectivity index (χ0) is 16.4. The standard InChI is InChI=1S/C17H18BrIN2O2/c1-2-23-17(22)16-14(19)15(11-7-9-12(18)10-8-11)20-21(16)13-5-3-4-6-13/h7-10,13H,2-6H2,1H3. The number of rotatable bonds is 4. The SMILES string of the molecule is CCOC(=O)c1c(I)c(-c2ccc(Br)cc2)nn1C1CCCC1. The lowest BCUT2D eigenvalue weighted by Gasteiger charge is -2.13. The van der Waals surface area contributed by atoms with E-state index in [1.54, 1.807) is 0 Å². The molecule has 122 valence electrons. The van der Waals surface area contributed by atoms with Crippen molar-refractivity contribution in [3.05, 3.63) is 38.0 Å². The third-order valence-electron chi connectivity index (χ3n) is 4.11. The Labute approximate surface area is 157 Å². The number of aromatic nitrogens is 2. The van der Waals surface area contributed by atoms with Crippen molar-refractivity contribution >= 4 is 44.5 Å². The smallest absolute Gasteiger partial charge is 0.357 e. The van der Waals surface area contributed by atoms with Crippen molar-refractivity contribution in [3.63, 3.8) is 0 Å². The van der Waals surface area contributed by atoms with Crippen LogP contribution in [0.1, 0.15) is 49.1 Å². The highest BCUT2D eigenvalue weighted by Gasteiger charge is 2.29. The second-order valence-electron chi connectivity index (χ2n) is 5.62. The highest BCUT2D eigenvalue weighted by molar-refractivity contribution is 14.1. The van der Waals surface area contributed by atoms with E-state index in [2.05, 4.69) is 38.5 Å².